The van der Waals surface area contributed by atoms with Crippen LogP contribution in [0.25, 0.3) is 5.57 Å². The lowest BCUT2D eigenvalue weighted by atomic mass is 9.83. The molecule has 1 saturated carbocycles. The van der Waals surface area contributed by atoms with Gasteiger partial charge in [0.15, 0.2) is 0 Å². The zero-order valence-electron chi connectivity index (χ0n) is 14.0. The number of nitrogens with one attached hydrogen (secondary N) is 1. The SMILES string of the molecule is CC1CCC(CNCc2conc2C2=C(Cl)C=CCC=C2Cl)CC1. The molecule has 3 nitrogen and oxygen atoms in total. The van der Waals surface area contributed by atoms with E-state index in [4.69, 9.17) is 27.7 Å². The summed E-state index contributed by atoms with van der Waals surface area (Å²) < 4.78 is 5.20. The first-order chi connectivity index (χ1) is 11.6. The predicted octanol–water partition coefficient (Wildman–Crippen LogP) is 5.62. The van der Waals surface area contributed by atoms with E-state index in [1.807, 2.05) is 18.2 Å². The third-order valence-corrected chi connectivity index (χ3v) is 5.60. The molecule has 2 aliphatic carbocycles. The first kappa shape index (κ1) is 17.8. The summed E-state index contributed by atoms with van der Waals surface area (Å²) in [7, 11) is 0. The quantitative estimate of drug-likeness (QED) is 0.734. The van der Waals surface area contributed by atoms with Gasteiger partial charge >= 0.3 is 0 Å². The minimum atomic E-state index is 0.602. The number of nitrogens with zero attached hydrogens (tertiary/aromatic N) is 1. The number of halogens is 2. The summed E-state index contributed by atoms with van der Waals surface area (Å²) in [4.78, 5) is 0. The first-order valence-corrected chi connectivity index (χ1v) is 9.47. The minimum Gasteiger partial charge on any atom is -0.364 e. The van der Waals surface area contributed by atoms with Crippen molar-refractivity contribution in [2.45, 2.75) is 45.6 Å². The van der Waals surface area contributed by atoms with Crippen molar-refractivity contribution >= 4 is 28.8 Å². The first-order valence-electron chi connectivity index (χ1n) is 8.71. The molecule has 0 radical (unpaired) electrons. The van der Waals surface area contributed by atoms with E-state index in [1.165, 1.54) is 25.7 Å². The van der Waals surface area contributed by atoms with Gasteiger partial charge in [0.2, 0.25) is 0 Å². The Balaban J connectivity index is 1.64. The van der Waals surface area contributed by atoms with Gasteiger partial charge in [-0.2, -0.15) is 0 Å². The minimum absolute atomic E-state index is 0.602. The second-order valence-electron chi connectivity index (χ2n) is 6.86. The molecule has 0 saturated heterocycles. The molecule has 24 heavy (non-hydrogen) atoms. The third-order valence-electron chi connectivity index (χ3n) is 4.94. The maximum Gasteiger partial charge on any atom is 0.128 e. The predicted molar refractivity (Wildman–Crippen MR) is 99.8 cm³/mol. The van der Waals surface area contributed by atoms with Crippen molar-refractivity contribution in [1.29, 1.82) is 0 Å². The van der Waals surface area contributed by atoms with Crippen molar-refractivity contribution in [2.24, 2.45) is 11.8 Å². The van der Waals surface area contributed by atoms with Crippen LogP contribution in [0.1, 0.15) is 50.3 Å². The molecule has 1 aromatic heterocycles. The van der Waals surface area contributed by atoms with E-state index in [0.29, 0.717) is 16.6 Å². The van der Waals surface area contributed by atoms with Crippen LogP contribution < -0.4 is 5.32 Å². The molecule has 0 atom stereocenters. The van der Waals surface area contributed by atoms with Gasteiger partial charge in [0.05, 0.1) is 5.03 Å². The third kappa shape index (κ3) is 4.33. The van der Waals surface area contributed by atoms with Crippen LogP contribution >= 0.6 is 23.2 Å². The molecule has 0 spiro atoms. The van der Waals surface area contributed by atoms with E-state index in [-0.39, 0.29) is 0 Å². The largest absolute Gasteiger partial charge is 0.364 e. The van der Waals surface area contributed by atoms with Gasteiger partial charge in [0, 0.05) is 22.7 Å². The van der Waals surface area contributed by atoms with Gasteiger partial charge in [-0.1, -0.05) is 60.3 Å². The molecular formula is C19H24Cl2N2O. The highest BCUT2D eigenvalue weighted by molar-refractivity contribution is 6.42. The lowest BCUT2D eigenvalue weighted by Gasteiger charge is -2.26. The normalized spacial score (nSPS) is 24.9. The molecule has 5 heteroatoms. The van der Waals surface area contributed by atoms with E-state index >= 15 is 0 Å². The molecule has 1 aromatic rings. The van der Waals surface area contributed by atoms with E-state index in [0.717, 1.165) is 41.6 Å². The van der Waals surface area contributed by atoms with Crippen molar-refractivity contribution in [2.75, 3.05) is 6.54 Å². The smallest absolute Gasteiger partial charge is 0.128 e. The summed E-state index contributed by atoms with van der Waals surface area (Å²) in [5.74, 6) is 1.66. The van der Waals surface area contributed by atoms with Crippen LogP contribution in [0.15, 0.2) is 39.1 Å². The standard InChI is InChI=1S/C19H24Cl2N2O/c1-13-6-8-14(9-7-13)10-22-11-15-12-24-23-19(15)18-16(20)4-2-3-5-17(18)21/h2,4-5,12-14,22H,3,6-11H2,1H3. The average Bonchev–Trinajstić information content (AvgIpc) is 2.95. The zero-order chi connectivity index (χ0) is 16.9. The van der Waals surface area contributed by atoms with Crippen LogP contribution in [-0.2, 0) is 6.54 Å². The van der Waals surface area contributed by atoms with E-state index in [1.54, 1.807) is 6.26 Å². The Morgan fingerprint density at radius 3 is 2.83 bits per heavy atom. The summed E-state index contributed by atoms with van der Waals surface area (Å²) in [6, 6.07) is 0. The maximum absolute atomic E-state index is 6.39. The molecule has 1 fully saturated rings. The molecule has 0 aliphatic heterocycles. The average molecular weight is 367 g/mol. The molecule has 0 amide bonds. The second kappa shape index (κ2) is 8.37. The Morgan fingerprint density at radius 2 is 2.04 bits per heavy atom. The van der Waals surface area contributed by atoms with Crippen molar-refractivity contribution in [1.82, 2.24) is 10.5 Å². The van der Waals surface area contributed by atoms with Crippen LogP contribution in [0.4, 0.5) is 0 Å². The van der Waals surface area contributed by atoms with Gasteiger partial charge in [0.25, 0.3) is 0 Å². The van der Waals surface area contributed by atoms with Crippen LogP contribution in [-0.4, -0.2) is 11.7 Å². The van der Waals surface area contributed by atoms with Crippen LogP contribution in [0.3, 0.4) is 0 Å². The number of allylic oxidation sites excluding steroid dienone is 6. The Hall–Kier alpha value is -1.03. The van der Waals surface area contributed by atoms with Gasteiger partial charge in [-0.05, 0) is 43.7 Å². The summed E-state index contributed by atoms with van der Waals surface area (Å²) in [6.07, 6.45) is 13.6. The van der Waals surface area contributed by atoms with Crippen molar-refractivity contribution in [3.63, 3.8) is 0 Å². The lowest BCUT2D eigenvalue weighted by Crippen LogP contribution is -2.25. The number of hydrogen-bond donors (Lipinski definition) is 1. The highest BCUT2D eigenvalue weighted by Crippen LogP contribution is 2.35. The number of hydrogen-bond acceptors (Lipinski definition) is 3. The van der Waals surface area contributed by atoms with E-state index in [2.05, 4.69) is 17.4 Å². The number of aromatic nitrogens is 1. The molecule has 3 rings (SSSR count). The Labute approximate surface area is 153 Å². The van der Waals surface area contributed by atoms with Crippen LogP contribution in [0.2, 0.25) is 0 Å². The fourth-order valence-corrected chi connectivity index (χ4v) is 4.01. The van der Waals surface area contributed by atoms with Crippen molar-refractivity contribution in [3.8, 4) is 0 Å². The van der Waals surface area contributed by atoms with Gasteiger partial charge in [-0.15, -0.1) is 0 Å². The molecule has 1 heterocycles. The van der Waals surface area contributed by atoms with Gasteiger partial charge in [-0.25, -0.2) is 0 Å². The lowest BCUT2D eigenvalue weighted by molar-refractivity contribution is 0.281. The topological polar surface area (TPSA) is 38.1 Å². The molecule has 0 bridgehead atoms. The van der Waals surface area contributed by atoms with E-state index < -0.39 is 0 Å². The van der Waals surface area contributed by atoms with Crippen molar-refractivity contribution < 1.29 is 4.52 Å². The summed E-state index contributed by atoms with van der Waals surface area (Å²) in [5, 5.41) is 8.92. The molecule has 130 valence electrons. The number of rotatable bonds is 5. The van der Waals surface area contributed by atoms with Crippen LogP contribution in [0, 0.1) is 11.8 Å². The summed E-state index contributed by atoms with van der Waals surface area (Å²) >= 11 is 12.8. The van der Waals surface area contributed by atoms with Gasteiger partial charge < -0.3 is 9.84 Å². The Morgan fingerprint density at radius 1 is 1.25 bits per heavy atom. The van der Waals surface area contributed by atoms with Gasteiger partial charge in [-0.3, -0.25) is 0 Å². The molecule has 1 N–H and O–H groups in total. The second-order valence-corrected chi connectivity index (χ2v) is 7.67. The fourth-order valence-electron chi connectivity index (χ4n) is 3.40. The van der Waals surface area contributed by atoms with E-state index in [9.17, 15) is 0 Å². The maximum atomic E-state index is 6.39. The highest BCUT2D eigenvalue weighted by atomic mass is 35.5. The highest BCUT2D eigenvalue weighted by Gasteiger charge is 2.21. The Kier molecular flexibility index (Phi) is 6.20. The molecule has 0 aromatic carbocycles. The zero-order valence-corrected chi connectivity index (χ0v) is 15.5. The monoisotopic (exact) mass is 366 g/mol. The molecule has 2 aliphatic rings. The summed E-state index contributed by atoms with van der Waals surface area (Å²) in [6.45, 7) is 4.10. The van der Waals surface area contributed by atoms with Crippen LogP contribution in [0.5, 0.6) is 0 Å². The molecule has 0 unspecified atom stereocenters. The van der Waals surface area contributed by atoms with Crippen molar-refractivity contribution in [3.05, 3.63) is 45.8 Å². The fraction of sp³-hybridized carbons (Fsp3) is 0.526. The summed E-state index contributed by atoms with van der Waals surface area (Å²) in [5.41, 5.74) is 2.48. The van der Waals surface area contributed by atoms with Gasteiger partial charge in [0.1, 0.15) is 12.0 Å². The Bertz CT molecular complexity index is 652. The molecular weight excluding hydrogens is 343 g/mol.